The van der Waals surface area contributed by atoms with Gasteiger partial charge in [0.1, 0.15) is 0 Å². The molecule has 1 aliphatic carbocycles. The fourth-order valence-electron chi connectivity index (χ4n) is 1.29. The van der Waals surface area contributed by atoms with Crippen molar-refractivity contribution in [2.75, 3.05) is 13.7 Å². The minimum Gasteiger partial charge on any atom is -0.450 e. The number of carbonyl (C=O) groups excluding carboxylic acids is 1. The van der Waals surface area contributed by atoms with Gasteiger partial charge < -0.3 is 9.64 Å². The van der Waals surface area contributed by atoms with Gasteiger partial charge in [-0.2, -0.15) is 0 Å². The van der Waals surface area contributed by atoms with E-state index in [1.165, 1.54) is 12.8 Å². The van der Waals surface area contributed by atoms with Crippen LogP contribution in [0.25, 0.3) is 0 Å². The number of rotatable bonds is 3. The molecule has 0 N–H and O–H groups in total. The highest BCUT2D eigenvalue weighted by atomic mass is 16.6. The van der Waals surface area contributed by atoms with E-state index in [1.807, 2.05) is 6.92 Å². The Labute approximate surface area is 73.7 Å². The smallest absolute Gasteiger partial charge is 0.409 e. The molecule has 3 nitrogen and oxygen atoms in total. The number of carbonyl (C=O) groups is 1. The standard InChI is InChI=1S/C9H17NO2/c1-4-12-9(11)10(3)7(2)8-5-6-8/h7-8H,4-6H2,1-3H3/t7-/m0/s1. The molecule has 1 atom stereocenters. The molecular formula is C9H17NO2. The first-order chi connectivity index (χ1) is 5.66. The molecule has 1 rings (SSSR count). The highest BCUT2D eigenvalue weighted by molar-refractivity contribution is 5.67. The molecule has 12 heavy (non-hydrogen) atoms. The Morgan fingerprint density at radius 2 is 2.25 bits per heavy atom. The Morgan fingerprint density at radius 3 is 2.67 bits per heavy atom. The summed E-state index contributed by atoms with van der Waals surface area (Å²) in [6, 6.07) is 0.337. The second-order valence-electron chi connectivity index (χ2n) is 3.39. The lowest BCUT2D eigenvalue weighted by molar-refractivity contribution is 0.100. The largest absolute Gasteiger partial charge is 0.450 e. The van der Waals surface area contributed by atoms with Crippen LogP contribution in [0.1, 0.15) is 26.7 Å². The maximum Gasteiger partial charge on any atom is 0.409 e. The van der Waals surface area contributed by atoms with E-state index in [1.54, 1.807) is 11.9 Å². The Kier molecular flexibility index (Phi) is 2.95. The van der Waals surface area contributed by atoms with Crippen LogP contribution in [-0.4, -0.2) is 30.7 Å². The van der Waals surface area contributed by atoms with Gasteiger partial charge in [-0.3, -0.25) is 0 Å². The predicted octanol–water partition coefficient (Wildman–Crippen LogP) is 1.87. The Balaban J connectivity index is 2.33. The molecule has 1 amide bonds. The van der Waals surface area contributed by atoms with Gasteiger partial charge in [-0.05, 0) is 32.6 Å². The number of nitrogens with zero attached hydrogens (tertiary/aromatic N) is 1. The van der Waals surface area contributed by atoms with Crippen LogP contribution in [0, 0.1) is 5.92 Å². The van der Waals surface area contributed by atoms with Crippen molar-refractivity contribution in [2.24, 2.45) is 5.92 Å². The van der Waals surface area contributed by atoms with Crippen LogP contribution in [0.15, 0.2) is 0 Å². The SMILES string of the molecule is CCOC(=O)N(C)[C@@H](C)C1CC1. The zero-order chi connectivity index (χ0) is 9.14. The van der Waals surface area contributed by atoms with Crippen LogP contribution >= 0.6 is 0 Å². The first-order valence-corrected chi connectivity index (χ1v) is 4.56. The van der Waals surface area contributed by atoms with E-state index < -0.39 is 0 Å². The van der Waals surface area contributed by atoms with Crippen LogP contribution in [0.3, 0.4) is 0 Å². The predicted molar refractivity (Wildman–Crippen MR) is 47.0 cm³/mol. The zero-order valence-corrected chi connectivity index (χ0v) is 8.04. The van der Waals surface area contributed by atoms with E-state index in [4.69, 9.17) is 4.74 Å². The summed E-state index contributed by atoms with van der Waals surface area (Å²) in [7, 11) is 1.81. The van der Waals surface area contributed by atoms with Crippen molar-refractivity contribution in [3.05, 3.63) is 0 Å². The number of amides is 1. The molecule has 0 spiro atoms. The average molecular weight is 171 g/mol. The molecule has 1 fully saturated rings. The molecule has 0 aromatic carbocycles. The van der Waals surface area contributed by atoms with E-state index in [0.717, 1.165) is 0 Å². The normalized spacial score (nSPS) is 18.6. The lowest BCUT2D eigenvalue weighted by Crippen LogP contribution is -2.36. The Hall–Kier alpha value is -0.730. The van der Waals surface area contributed by atoms with Gasteiger partial charge in [0.25, 0.3) is 0 Å². The number of hydrogen-bond acceptors (Lipinski definition) is 2. The van der Waals surface area contributed by atoms with E-state index in [2.05, 4.69) is 6.92 Å². The molecular weight excluding hydrogens is 154 g/mol. The first kappa shape index (κ1) is 9.36. The molecule has 1 saturated carbocycles. The molecule has 0 unspecified atom stereocenters. The molecule has 0 aromatic rings. The summed E-state index contributed by atoms with van der Waals surface area (Å²) in [5.74, 6) is 0.708. The van der Waals surface area contributed by atoms with E-state index >= 15 is 0 Å². The third-order valence-corrected chi connectivity index (χ3v) is 2.47. The summed E-state index contributed by atoms with van der Waals surface area (Å²) in [4.78, 5) is 12.9. The van der Waals surface area contributed by atoms with Crippen molar-refractivity contribution in [1.82, 2.24) is 4.90 Å². The fourth-order valence-corrected chi connectivity index (χ4v) is 1.29. The van der Waals surface area contributed by atoms with Gasteiger partial charge in [-0.15, -0.1) is 0 Å². The lowest BCUT2D eigenvalue weighted by atomic mass is 10.2. The molecule has 0 bridgehead atoms. The van der Waals surface area contributed by atoms with Crippen LogP contribution in [0.2, 0.25) is 0 Å². The van der Waals surface area contributed by atoms with Crippen molar-refractivity contribution in [1.29, 1.82) is 0 Å². The van der Waals surface area contributed by atoms with Gasteiger partial charge in [0.15, 0.2) is 0 Å². The summed E-state index contributed by atoms with van der Waals surface area (Å²) >= 11 is 0. The Morgan fingerprint density at radius 1 is 1.67 bits per heavy atom. The fraction of sp³-hybridized carbons (Fsp3) is 0.889. The van der Waals surface area contributed by atoms with Gasteiger partial charge in [0, 0.05) is 13.1 Å². The van der Waals surface area contributed by atoms with Crippen LogP contribution in [0.4, 0.5) is 4.79 Å². The van der Waals surface area contributed by atoms with E-state index in [-0.39, 0.29) is 6.09 Å². The van der Waals surface area contributed by atoms with Crippen molar-refractivity contribution < 1.29 is 9.53 Å². The lowest BCUT2D eigenvalue weighted by Gasteiger charge is -2.23. The van der Waals surface area contributed by atoms with E-state index in [9.17, 15) is 4.79 Å². The van der Waals surface area contributed by atoms with Gasteiger partial charge in [-0.25, -0.2) is 4.79 Å². The van der Waals surface area contributed by atoms with Crippen molar-refractivity contribution >= 4 is 6.09 Å². The summed E-state index contributed by atoms with van der Waals surface area (Å²) in [5, 5.41) is 0. The molecule has 0 aromatic heterocycles. The third-order valence-electron chi connectivity index (χ3n) is 2.47. The molecule has 3 heteroatoms. The maximum atomic E-state index is 11.2. The summed E-state index contributed by atoms with van der Waals surface area (Å²) < 4.78 is 4.89. The second-order valence-corrected chi connectivity index (χ2v) is 3.39. The minimum atomic E-state index is -0.197. The molecule has 0 heterocycles. The topological polar surface area (TPSA) is 29.5 Å². The van der Waals surface area contributed by atoms with Crippen LogP contribution in [-0.2, 0) is 4.74 Å². The van der Waals surface area contributed by atoms with Crippen LogP contribution < -0.4 is 0 Å². The Bertz CT molecular complexity index is 166. The van der Waals surface area contributed by atoms with Gasteiger partial charge in [0.05, 0.1) is 6.61 Å². The van der Waals surface area contributed by atoms with Gasteiger partial charge in [-0.1, -0.05) is 0 Å². The van der Waals surface area contributed by atoms with E-state index in [0.29, 0.717) is 18.6 Å². The first-order valence-electron chi connectivity index (χ1n) is 4.56. The molecule has 0 radical (unpaired) electrons. The number of hydrogen-bond donors (Lipinski definition) is 0. The zero-order valence-electron chi connectivity index (χ0n) is 8.04. The average Bonchev–Trinajstić information content (AvgIpc) is 2.84. The highest BCUT2D eigenvalue weighted by Gasteiger charge is 2.32. The molecule has 1 aliphatic rings. The summed E-state index contributed by atoms with van der Waals surface area (Å²) in [5.41, 5.74) is 0. The quantitative estimate of drug-likeness (QED) is 0.648. The molecule has 0 aliphatic heterocycles. The van der Waals surface area contributed by atoms with Gasteiger partial charge >= 0.3 is 6.09 Å². The minimum absolute atomic E-state index is 0.197. The third kappa shape index (κ3) is 2.13. The molecule has 70 valence electrons. The number of ether oxygens (including phenoxy) is 1. The second kappa shape index (κ2) is 3.78. The van der Waals surface area contributed by atoms with Crippen molar-refractivity contribution in [2.45, 2.75) is 32.7 Å². The monoisotopic (exact) mass is 171 g/mol. The highest BCUT2D eigenvalue weighted by Crippen LogP contribution is 2.34. The van der Waals surface area contributed by atoms with Crippen LogP contribution in [0.5, 0.6) is 0 Å². The van der Waals surface area contributed by atoms with Crippen molar-refractivity contribution in [3.63, 3.8) is 0 Å². The summed E-state index contributed by atoms with van der Waals surface area (Å²) in [6.45, 7) is 4.36. The molecule has 0 saturated heterocycles. The maximum absolute atomic E-state index is 11.2. The van der Waals surface area contributed by atoms with Gasteiger partial charge in [0.2, 0.25) is 0 Å². The summed E-state index contributed by atoms with van der Waals surface area (Å²) in [6.07, 6.45) is 2.31. The van der Waals surface area contributed by atoms with Crippen molar-refractivity contribution in [3.8, 4) is 0 Å².